The van der Waals surface area contributed by atoms with Crippen molar-refractivity contribution in [3.05, 3.63) is 48.6 Å². The third-order valence-corrected chi connectivity index (χ3v) is 2.41. The van der Waals surface area contributed by atoms with Crippen LogP contribution in [0, 0.1) is 0 Å². The summed E-state index contributed by atoms with van der Waals surface area (Å²) < 4.78 is 0. The minimum Gasteiger partial charge on any atom is -0.481 e. The lowest BCUT2D eigenvalue weighted by atomic mass is 9.91. The van der Waals surface area contributed by atoms with Gasteiger partial charge in [0.2, 0.25) is 0 Å². The zero-order valence-corrected chi connectivity index (χ0v) is 8.73. The Labute approximate surface area is 90.3 Å². The van der Waals surface area contributed by atoms with Crippen molar-refractivity contribution >= 4 is 5.97 Å². The summed E-state index contributed by atoms with van der Waals surface area (Å²) in [5, 5.41) is 8.82. The molecule has 0 amide bonds. The van der Waals surface area contributed by atoms with Gasteiger partial charge in [-0.05, 0) is 24.3 Å². The normalized spacial score (nSPS) is 12.0. The molecule has 1 N–H and O–H groups in total. The molecule has 2 heteroatoms. The summed E-state index contributed by atoms with van der Waals surface area (Å²) in [7, 11) is 0. The topological polar surface area (TPSA) is 37.3 Å². The predicted molar refractivity (Wildman–Crippen MR) is 60.9 cm³/mol. The van der Waals surface area contributed by atoms with Crippen molar-refractivity contribution in [2.45, 2.75) is 25.2 Å². The Kier molecular flexibility index (Phi) is 4.61. The number of hydrogen-bond donors (Lipinski definition) is 1. The van der Waals surface area contributed by atoms with Crippen molar-refractivity contribution in [3.8, 4) is 0 Å². The zero-order valence-electron chi connectivity index (χ0n) is 8.73. The molecule has 0 bridgehead atoms. The molecule has 0 aliphatic heterocycles. The van der Waals surface area contributed by atoms with E-state index in [-0.39, 0.29) is 12.3 Å². The van der Waals surface area contributed by atoms with E-state index in [2.05, 4.69) is 6.58 Å². The molecule has 1 atom stereocenters. The zero-order chi connectivity index (χ0) is 11.1. The predicted octanol–water partition coefficient (Wildman–Crippen LogP) is 3.21. The van der Waals surface area contributed by atoms with Gasteiger partial charge in [-0.1, -0.05) is 36.4 Å². The average molecular weight is 204 g/mol. The molecule has 0 heterocycles. The van der Waals surface area contributed by atoms with Gasteiger partial charge < -0.3 is 5.11 Å². The van der Waals surface area contributed by atoms with Crippen LogP contribution in [0.5, 0.6) is 0 Å². The fraction of sp³-hybridized carbons (Fsp3) is 0.308. The number of carboxylic acids is 1. The van der Waals surface area contributed by atoms with E-state index in [0.717, 1.165) is 18.4 Å². The Morgan fingerprint density at radius 3 is 2.60 bits per heavy atom. The molecule has 1 rings (SSSR count). The van der Waals surface area contributed by atoms with Gasteiger partial charge in [-0.15, -0.1) is 6.58 Å². The largest absolute Gasteiger partial charge is 0.481 e. The standard InChI is InChI=1S/C13H16O2/c1-2-3-7-12(10-13(14)15)11-8-5-4-6-9-11/h2,4-6,8-9,12H,1,3,7,10H2,(H,14,15)/t12-/m0/s1. The van der Waals surface area contributed by atoms with Crippen LogP contribution in [0.1, 0.15) is 30.7 Å². The molecule has 1 aromatic carbocycles. The highest BCUT2D eigenvalue weighted by Gasteiger charge is 2.14. The number of hydrogen-bond acceptors (Lipinski definition) is 1. The lowest BCUT2D eigenvalue weighted by molar-refractivity contribution is -0.137. The Hall–Kier alpha value is -1.57. The van der Waals surface area contributed by atoms with E-state index >= 15 is 0 Å². The first-order chi connectivity index (χ1) is 7.24. The quantitative estimate of drug-likeness (QED) is 0.722. The van der Waals surface area contributed by atoms with Crippen molar-refractivity contribution in [3.63, 3.8) is 0 Å². The first-order valence-electron chi connectivity index (χ1n) is 5.11. The second-order valence-electron chi connectivity index (χ2n) is 3.57. The highest BCUT2D eigenvalue weighted by atomic mass is 16.4. The highest BCUT2D eigenvalue weighted by molar-refractivity contribution is 5.68. The van der Waals surface area contributed by atoms with Crippen LogP contribution < -0.4 is 0 Å². The van der Waals surface area contributed by atoms with E-state index in [4.69, 9.17) is 5.11 Å². The lowest BCUT2D eigenvalue weighted by Crippen LogP contribution is -2.06. The van der Waals surface area contributed by atoms with Gasteiger partial charge in [0.05, 0.1) is 6.42 Å². The molecule has 80 valence electrons. The van der Waals surface area contributed by atoms with Crippen LogP contribution in [-0.2, 0) is 4.79 Å². The second-order valence-corrected chi connectivity index (χ2v) is 3.57. The first-order valence-corrected chi connectivity index (χ1v) is 5.11. The SMILES string of the molecule is C=CCC[C@@H](CC(=O)O)c1ccccc1. The number of carboxylic acid groups (broad SMARTS) is 1. The van der Waals surface area contributed by atoms with Crippen molar-refractivity contribution in [1.82, 2.24) is 0 Å². The summed E-state index contributed by atoms with van der Waals surface area (Å²) in [5.41, 5.74) is 1.10. The number of allylic oxidation sites excluding steroid dienone is 1. The fourth-order valence-electron chi connectivity index (χ4n) is 1.64. The highest BCUT2D eigenvalue weighted by Crippen LogP contribution is 2.24. The molecule has 0 radical (unpaired) electrons. The Bertz CT molecular complexity index is 317. The lowest BCUT2D eigenvalue weighted by Gasteiger charge is -2.13. The van der Waals surface area contributed by atoms with Gasteiger partial charge in [-0.2, -0.15) is 0 Å². The minimum absolute atomic E-state index is 0.0988. The molecule has 0 saturated heterocycles. The maximum Gasteiger partial charge on any atom is 0.303 e. The molecular weight excluding hydrogens is 188 g/mol. The van der Waals surface area contributed by atoms with Crippen LogP contribution in [0.15, 0.2) is 43.0 Å². The summed E-state index contributed by atoms with van der Waals surface area (Å²) in [4.78, 5) is 10.7. The van der Waals surface area contributed by atoms with Crippen LogP contribution in [0.4, 0.5) is 0 Å². The summed E-state index contributed by atoms with van der Waals surface area (Å²) >= 11 is 0. The summed E-state index contributed by atoms with van der Waals surface area (Å²) in [6.07, 6.45) is 3.72. The van der Waals surface area contributed by atoms with Crippen LogP contribution in [0.3, 0.4) is 0 Å². The maximum absolute atomic E-state index is 10.7. The average Bonchev–Trinajstić information content (AvgIpc) is 2.25. The summed E-state index contributed by atoms with van der Waals surface area (Å²) in [5.74, 6) is -0.644. The monoisotopic (exact) mass is 204 g/mol. The van der Waals surface area contributed by atoms with Gasteiger partial charge in [-0.25, -0.2) is 0 Å². The van der Waals surface area contributed by atoms with Gasteiger partial charge in [0, 0.05) is 0 Å². The van der Waals surface area contributed by atoms with Crippen LogP contribution in [0.2, 0.25) is 0 Å². The van der Waals surface area contributed by atoms with E-state index in [9.17, 15) is 4.79 Å². The Balaban J connectivity index is 2.71. The van der Waals surface area contributed by atoms with Crippen molar-refractivity contribution in [2.75, 3.05) is 0 Å². The molecule has 0 aliphatic carbocycles. The molecular formula is C13H16O2. The molecule has 0 spiro atoms. The number of carbonyl (C=O) groups is 1. The number of benzene rings is 1. The molecule has 2 nitrogen and oxygen atoms in total. The van der Waals surface area contributed by atoms with Gasteiger partial charge in [0.25, 0.3) is 0 Å². The van der Waals surface area contributed by atoms with Crippen LogP contribution in [-0.4, -0.2) is 11.1 Å². The van der Waals surface area contributed by atoms with E-state index in [1.807, 2.05) is 36.4 Å². The van der Waals surface area contributed by atoms with E-state index in [1.54, 1.807) is 0 Å². The van der Waals surface area contributed by atoms with Crippen molar-refractivity contribution < 1.29 is 9.90 Å². The van der Waals surface area contributed by atoms with Gasteiger partial charge in [0.1, 0.15) is 0 Å². The molecule has 0 aromatic heterocycles. The van der Waals surface area contributed by atoms with Gasteiger partial charge >= 0.3 is 5.97 Å². The number of aliphatic carboxylic acids is 1. The minimum atomic E-state index is -0.743. The van der Waals surface area contributed by atoms with Crippen molar-refractivity contribution in [1.29, 1.82) is 0 Å². The molecule has 1 aromatic rings. The summed E-state index contributed by atoms with van der Waals surface area (Å²) in [6, 6.07) is 9.79. The fourth-order valence-corrected chi connectivity index (χ4v) is 1.64. The maximum atomic E-state index is 10.7. The van der Waals surface area contributed by atoms with Crippen LogP contribution in [0.25, 0.3) is 0 Å². The summed E-state index contributed by atoms with van der Waals surface area (Å²) in [6.45, 7) is 3.66. The Morgan fingerprint density at radius 2 is 2.07 bits per heavy atom. The van der Waals surface area contributed by atoms with E-state index < -0.39 is 5.97 Å². The molecule has 0 unspecified atom stereocenters. The van der Waals surface area contributed by atoms with Crippen LogP contribution >= 0.6 is 0 Å². The smallest absolute Gasteiger partial charge is 0.303 e. The molecule has 0 fully saturated rings. The second kappa shape index (κ2) is 6.02. The van der Waals surface area contributed by atoms with E-state index in [1.165, 1.54) is 0 Å². The van der Waals surface area contributed by atoms with Gasteiger partial charge in [0.15, 0.2) is 0 Å². The third-order valence-electron chi connectivity index (χ3n) is 2.41. The first kappa shape index (κ1) is 11.5. The van der Waals surface area contributed by atoms with Gasteiger partial charge in [-0.3, -0.25) is 4.79 Å². The molecule has 15 heavy (non-hydrogen) atoms. The molecule has 0 saturated carbocycles. The third kappa shape index (κ3) is 3.98. The Morgan fingerprint density at radius 1 is 1.40 bits per heavy atom. The van der Waals surface area contributed by atoms with E-state index in [0.29, 0.717) is 0 Å². The number of rotatable bonds is 6. The van der Waals surface area contributed by atoms with Crippen molar-refractivity contribution in [2.24, 2.45) is 0 Å². The molecule has 0 aliphatic rings.